The van der Waals surface area contributed by atoms with Crippen molar-refractivity contribution in [2.24, 2.45) is 11.8 Å². The second-order valence-corrected chi connectivity index (χ2v) is 6.37. The molecule has 5 nitrogen and oxygen atoms in total. The summed E-state index contributed by atoms with van der Waals surface area (Å²) >= 11 is 0. The van der Waals surface area contributed by atoms with Crippen molar-refractivity contribution in [3.05, 3.63) is 47.5 Å². The predicted molar refractivity (Wildman–Crippen MR) is 89.3 cm³/mol. The van der Waals surface area contributed by atoms with Crippen molar-refractivity contribution in [3.8, 4) is 23.0 Å². The van der Waals surface area contributed by atoms with Gasteiger partial charge >= 0.3 is 0 Å². The van der Waals surface area contributed by atoms with E-state index in [4.69, 9.17) is 9.47 Å². The third kappa shape index (κ3) is 2.76. The molecule has 0 bridgehead atoms. The summed E-state index contributed by atoms with van der Waals surface area (Å²) < 4.78 is 11.3. The second kappa shape index (κ2) is 6.24. The van der Waals surface area contributed by atoms with E-state index in [-0.39, 0.29) is 41.3 Å². The van der Waals surface area contributed by atoms with Crippen molar-refractivity contribution >= 4 is 0 Å². The summed E-state index contributed by atoms with van der Waals surface area (Å²) in [6.45, 7) is 4.21. The van der Waals surface area contributed by atoms with Gasteiger partial charge in [-0.25, -0.2) is 0 Å². The lowest BCUT2D eigenvalue weighted by Gasteiger charge is -2.17. The van der Waals surface area contributed by atoms with Gasteiger partial charge in [0.05, 0.1) is 19.3 Å². The summed E-state index contributed by atoms with van der Waals surface area (Å²) in [5.41, 5.74) is 1.71. The molecule has 0 spiro atoms. The highest BCUT2D eigenvalue weighted by Crippen LogP contribution is 2.50. The lowest BCUT2D eigenvalue weighted by atomic mass is 9.85. The third-order valence-corrected chi connectivity index (χ3v) is 4.94. The van der Waals surface area contributed by atoms with E-state index in [0.29, 0.717) is 5.75 Å². The minimum absolute atomic E-state index is 0.0872. The highest BCUT2D eigenvalue weighted by atomic mass is 16.5. The van der Waals surface area contributed by atoms with Gasteiger partial charge in [0, 0.05) is 0 Å². The van der Waals surface area contributed by atoms with Crippen LogP contribution >= 0.6 is 0 Å². The van der Waals surface area contributed by atoms with Crippen molar-refractivity contribution in [1.29, 1.82) is 0 Å². The Bertz CT molecular complexity index is 743. The summed E-state index contributed by atoms with van der Waals surface area (Å²) in [6.07, 6.45) is -0.363. The van der Waals surface area contributed by atoms with Crippen LogP contribution < -0.4 is 4.74 Å². The summed E-state index contributed by atoms with van der Waals surface area (Å²) in [6, 6.07) is 10.1. The van der Waals surface area contributed by atoms with Gasteiger partial charge in [-0.2, -0.15) is 0 Å². The molecule has 4 unspecified atom stereocenters. The van der Waals surface area contributed by atoms with Crippen LogP contribution in [0.4, 0.5) is 0 Å². The Hall–Kier alpha value is -2.40. The first kappa shape index (κ1) is 16.5. The maximum Gasteiger partial charge on any atom is 0.160 e. The first-order valence-corrected chi connectivity index (χ1v) is 7.96. The van der Waals surface area contributed by atoms with Crippen molar-refractivity contribution in [2.45, 2.75) is 26.1 Å². The van der Waals surface area contributed by atoms with E-state index in [1.165, 1.54) is 19.2 Å². The van der Waals surface area contributed by atoms with Crippen LogP contribution in [0.1, 0.15) is 37.2 Å². The number of phenols is 3. The first-order chi connectivity index (χ1) is 11.4. The summed E-state index contributed by atoms with van der Waals surface area (Å²) in [5.74, 6) is 0.652. The van der Waals surface area contributed by atoms with Gasteiger partial charge in [-0.05, 0) is 47.2 Å². The number of benzene rings is 2. The van der Waals surface area contributed by atoms with Crippen molar-refractivity contribution in [2.75, 3.05) is 7.11 Å². The van der Waals surface area contributed by atoms with E-state index in [9.17, 15) is 15.3 Å². The average Bonchev–Trinajstić information content (AvgIpc) is 2.86. The molecule has 1 heterocycles. The quantitative estimate of drug-likeness (QED) is 0.744. The molecule has 0 saturated carbocycles. The van der Waals surface area contributed by atoms with Crippen molar-refractivity contribution in [1.82, 2.24) is 0 Å². The maximum absolute atomic E-state index is 10.0. The minimum Gasteiger partial charge on any atom is -0.504 e. The monoisotopic (exact) mass is 330 g/mol. The van der Waals surface area contributed by atoms with Crippen LogP contribution in [0.5, 0.6) is 23.0 Å². The Morgan fingerprint density at radius 3 is 1.83 bits per heavy atom. The molecule has 24 heavy (non-hydrogen) atoms. The molecule has 0 amide bonds. The van der Waals surface area contributed by atoms with Crippen LogP contribution in [0.3, 0.4) is 0 Å². The molecular weight excluding hydrogens is 308 g/mol. The van der Waals surface area contributed by atoms with Crippen LogP contribution in [0.15, 0.2) is 36.4 Å². The molecule has 3 rings (SSSR count). The van der Waals surface area contributed by atoms with Crippen LogP contribution in [0, 0.1) is 11.8 Å². The van der Waals surface area contributed by atoms with Crippen molar-refractivity contribution in [3.63, 3.8) is 0 Å². The fourth-order valence-corrected chi connectivity index (χ4v) is 3.32. The molecule has 1 aliphatic heterocycles. The Labute approximate surface area is 141 Å². The van der Waals surface area contributed by atoms with Crippen molar-refractivity contribution < 1.29 is 24.8 Å². The molecule has 2 aromatic carbocycles. The molecule has 0 radical (unpaired) electrons. The fourth-order valence-electron chi connectivity index (χ4n) is 3.32. The number of rotatable bonds is 3. The van der Waals surface area contributed by atoms with E-state index < -0.39 is 0 Å². The van der Waals surface area contributed by atoms with Gasteiger partial charge in [-0.15, -0.1) is 0 Å². The maximum atomic E-state index is 10.0. The number of hydrogen-bond acceptors (Lipinski definition) is 5. The molecular formula is C19H22O5. The summed E-state index contributed by atoms with van der Waals surface area (Å²) in [7, 11) is 1.51. The number of phenolic OH excluding ortho intramolecular Hbond substituents is 3. The highest BCUT2D eigenvalue weighted by Gasteiger charge is 2.40. The Balaban J connectivity index is 1.89. The van der Waals surface area contributed by atoms with Crippen LogP contribution in [0.2, 0.25) is 0 Å². The van der Waals surface area contributed by atoms with Crippen LogP contribution in [-0.2, 0) is 4.74 Å². The lowest BCUT2D eigenvalue weighted by molar-refractivity contribution is 0.0288. The fraction of sp³-hybridized carbons (Fsp3) is 0.368. The zero-order valence-electron chi connectivity index (χ0n) is 13.9. The average molecular weight is 330 g/mol. The smallest absolute Gasteiger partial charge is 0.160 e. The Morgan fingerprint density at radius 1 is 0.792 bits per heavy atom. The number of aromatic hydroxyl groups is 3. The lowest BCUT2D eigenvalue weighted by Crippen LogP contribution is -2.09. The Kier molecular flexibility index (Phi) is 4.28. The molecule has 1 aliphatic rings. The minimum atomic E-state index is -0.194. The third-order valence-electron chi connectivity index (χ3n) is 4.94. The number of hydrogen-bond donors (Lipinski definition) is 3. The highest BCUT2D eigenvalue weighted by molar-refractivity contribution is 5.44. The molecule has 3 N–H and O–H groups in total. The topological polar surface area (TPSA) is 79.2 Å². The standard InChI is InChI=1S/C19H22O5/c1-10-11(2)19(13-5-7-17(23-3)16(22)9-13)24-18(10)12-4-6-14(20)15(21)8-12/h4-11,18-22H,1-3H3. The molecule has 128 valence electrons. The van der Waals surface area contributed by atoms with Gasteiger partial charge in [-0.3, -0.25) is 0 Å². The SMILES string of the molecule is COc1ccc(C2OC(c3ccc(O)c(O)c3)C(C)C2C)cc1O. The van der Waals surface area contributed by atoms with Gasteiger partial charge in [0.15, 0.2) is 23.0 Å². The molecule has 5 heteroatoms. The van der Waals surface area contributed by atoms with Gasteiger partial charge < -0.3 is 24.8 Å². The molecule has 1 fully saturated rings. The van der Waals surface area contributed by atoms with E-state index >= 15 is 0 Å². The number of methoxy groups -OCH3 is 1. The zero-order valence-corrected chi connectivity index (χ0v) is 13.9. The molecule has 1 saturated heterocycles. The van der Waals surface area contributed by atoms with E-state index in [2.05, 4.69) is 13.8 Å². The number of ether oxygens (including phenoxy) is 2. The molecule has 2 aromatic rings. The first-order valence-electron chi connectivity index (χ1n) is 7.96. The normalized spacial score (nSPS) is 26.5. The van der Waals surface area contributed by atoms with Gasteiger partial charge in [0.1, 0.15) is 0 Å². The van der Waals surface area contributed by atoms with Gasteiger partial charge in [0.2, 0.25) is 0 Å². The molecule has 0 aliphatic carbocycles. The van der Waals surface area contributed by atoms with E-state index in [1.54, 1.807) is 18.2 Å². The largest absolute Gasteiger partial charge is 0.504 e. The van der Waals surface area contributed by atoms with E-state index in [1.807, 2.05) is 6.07 Å². The van der Waals surface area contributed by atoms with Gasteiger partial charge in [0.25, 0.3) is 0 Å². The van der Waals surface area contributed by atoms with Crippen LogP contribution in [0.25, 0.3) is 0 Å². The van der Waals surface area contributed by atoms with Gasteiger partial charge in [-0.1, -0.05) is 26.0 Å². The van der Waals surface area contributed by atoms with E-state index in [0.717, 1.165) is 11.1 Å². The summed E-state index contributed by atoms with van der Waals surface area (Å²) in [5, 5.41) is 29.2. The zero-order chi connectivity index (χ0) is 17.4. The van der Waals surface area contributed by atoms with Crippen LogP contribution in [-0.4, -0.2) is 22.4 Å². The second-order valence-electron chi connectivity index (χ2n) is 6.37. The Morgan fingerprint density at radius 2 is 1.33 bits per heavy atom. The molecule has 4 atom stereocenters. The molecule has 0 aromatic heterocycles. The predicted octanol–water partition coefficient (Wildman–Crippen LogP) is 3.90. The summed E-state index contributed by atoms with van der Waals surface area (Å²) in [4.78, 5) is 0.